The molecule has 2 rings (SSSR count). The molecule has 34 heavy (non-hydrogen) atoms. The molecule has 0 saturated heterocycles. The lowest BCUT2D eigenvalue weighted by Gasteiger charge is -2.31. The third-order valence-electron chi connectivity index (χ3n) is 5.20. The fourth-order valence-electron chi connectivity index (χ4n) is 3.18. The minimum atomic E-state index is -3.84. The maximum Gasteiger partial charge on any atom is 0.244 e. The van der Waals surface area contributed by atoms with Crippen molar-refractivity contribution in [2.45, 2.75) is 40.3 Å². The van der Waals surface area contributed by atoms with Gasteiger partial charge in [-0.25, -0.2) is 8.42 Å². The maximum absolute atomic E-state index is 13.5. The molecule has 2 aromatic carbocycles. The summed E-state index contributed by atoms with van der Waals surface area (Å²) in [6.07, 6.45) is 1.01. The molecule has 7 nitrogen and oxygen atoms in total. The Balaban J connectivity index is 2.37. The second kappa shape index (κ2) is 11.9. The molecule has 2 aromatic rings. The summed E-state index contributed by atoms with van der Waals surface area (Å²) in [7, 11) is -3.84. The van der Waals surface area contributed by atoms with Gasteiger partial charge in [0.25, 0.3) is 0 Å². The molecule has 10 heteroatoms. The Morgan fingerprint density at radius 2 is 1.62 bits per heavy atom. The van der Waals surface area contributed by atoms with Gasteiger partial charge < -0.3 is 10.2 Å². The van der Waals surface area contributed by atoms with Crippen molar-refractivity contribution in [3.63, 3.8) is 0 Å². The van der Waals surface area contributed by atoms with Crippen LogP contribution in [0.2, 0.25) is 10.0 Å². The zero-order valence-corrected chi connectivity index (χ0v) is 22.3. The Kier molecular flexibility index (Phi) is 9.79. The first-order chi connectivity index (χ1) is 15.8. The number of benzene rings is 2. The lowest BCUT2D eigenvalue weighted by molar-refractivity contribution is -0.139. The minimum absolute atomic E-state index is 0.147. The van der Waals surface area contributed by atoms with E-state index in [1.165, 1.54) is 23.1 Å². The zero-order chi connectivity index (χ0) is 25.6. The summed E-state index contributed by atoms with van der Waals surface area (Å²) in [6.45, 7) is 7.65. The molecule has 0 aliphatic rings. The highest BCUT2D eigenvalue weighted by Gasteiger charge is 2.30. The summed E-state index contributed by atoms with van der Waals surface area (Å²) in [6, 6.07) is 11.1. The number of rotatable bonds is 10. The van der Waals surface area contributed by atoms with Crippen LogP contribution in [0.25, 0.3) is 0 Å². The van der Waals surface area contributed by atoms with Gasteiger partial charge >= 0.3 is 0 Å². The second-order valence-corrected chi connectivity index (χ2v) is 11.4. The Labute approximate surface area is 212 Å². The lowest BCUT2D eigenvalue weighted by atomic mass is 10.1. The van der Waals surface area contributed by atoms with Crippen LogP contribution in [0, 0.1) is 12.8 Å². The lowest BCUT2D eigenvalue weighted by Crippen LogP contribution is -2.51. The van der Waals surface area contributed by atoms with Gasteiger partial charge in [0.2, 0.25) is 21.8 Å². The summed E-state index contributed by atoms with van der Waals surface area (Å²) >= 11 is 12.0. The van der Waals surface area contributed by atoms with Crippen molar-refractivity contribution < 1.29 is 18.0 Å². The van der Waals surface area contributed by atoms with E-state index in [4.69, 9.17) is 23.2 Å². The average Bonchev–Trinajstić information content (AvgIpc) is 2.76. The summed E-state index contributed by atoms with van der Waals surface area (Å²) in [5.74, 6) is -0.591. The van der Waals surface area contributed by atoms with Crippen LogP contribution in [-0.4, -0.2) is 50.5 Å². The van der Waals surface area contributed by atoms with E-state index in [0.717, 1.165) is 21.7 Å². The van der Waals surface area contributed by atoms with Crippen LogP contribution in [0.3, 0.4) is 0 Å². The number of carbonyl (C=O) groups excluding carboxylic acids is 2. The molecule has 0 aliphatic heterocycles. The smallest absolute Gasteiger partial charge is 0.244 e. The number of hydrogen-bond donors (Lipinski definition) is 1. The van der Waals surface area contributed by atoms with Gasteiger partial charge in [-0.05, 0) is 43.5 Å². The van der Waals surface area contributed by atoms with Crippen molar-refractivity contribution in [3.05, 3.63) is 63.6 Å². The largest absolute Gasteiger partial charge is 0.354 e. The van der Waals surface area contributed by atoms with Crippen LogP contribution in [0.1, 0.15) is 31.9 Å². The van der Waals surface area contributed by atoms with Crippen LogP contribution in [-0.2, 0) is 26.2 Å². The molecule has 0 radical (unpaired) electrons. The first-order valence-corrected chi connectivity index (χ1v) is 13.5. The van der Waals surface area contributed by atoms with Gasteiger partial charge in [0.05, 0.1) is 22.0 Å². The highest BCUT2D eigenvalue weighted by Crippen LogP contribution is 2.28. The summed E-state index contributed by atoms with van der Waals surface area (Å²) < 4.78 is 26.1. The standard InChI is InChI=1S/C24H31Cl2N3O4S/c1-16(2)13-27-24(31)18(4)28(14-19-8-6-17(3)7-9-19)23(30)15-29(34(5,32)33)20-10-11-21(25)22(26)12-20/h6-12,16,18H,13-15H2,1-5H3,(H,27,31). The van der Waals surface area contributed by atoms with E-state index in [1.54, 1.807) is 6.92 Å². The van der Waals surface area contributed by atoms with Crippen LogP contribution in [0.5, 0.6) is 0 Å². The molecule has 0 saturated carbocycles. The van der Waals surface area contributed by atoms with Crippen LogP contribution >= 0.6 is 23.2 Å². The number of nitrogens with zero attached hydrogens (tertiary/aromatic N) is 2. The van der Waals surface area contributed by atoms with E-state index < -0.39 is 28.5 Å². The molecule has 1 unspecified atom stereocenters. The van der Waals surface area contributed by atoms with Crippen molar-refractivity contribution in [1.82, 2.24) is 10.2 Å². The number of halogens is 2. The number of anilines is 1. The van der Waals surface area contributed by atoms with Gasteiger partial charge in [0, 0.05) is 13.1 Å². The molecular formula is C24H31Cl2N3O4S. The number of amides is 2. The Bertz CT molecular complexity index is 1120. The molecule has 1 atom stereocenters. The fraction of sp³-hybridized carbons (Fsp3) is 0.417. The normalized spacial score (nSPS) is 12.4. The van der Waals surface area contributed by atoms with Crippen molar-refractivity contribution in [1.29, 1.82) is 0 Å². The summed E-state index contributed by atoms with van der Waals surface area (Å²) in [5, 5.41) is 3.27. The predicted molar refractivity (Wildman–Crippen MR) is 138 cm³/mol. The molecule has 0 aromatic heterocycles. The zero-order valence-electron chi connectivity index (χ0n) is 20.0. The van der Waals surface area contributed by atoms with Crippen molar-refractivity contribution in [3.8, 4) is 0 Å². The molecule has 186 valence electrons. The number of aryl methyl sites for hydroxylation is 1. The van der Waals surface area contributed by atoms with E-state index in [0.29, 0.717) is 6.54 Å². The fourth-order valence-corrected chi connectivity index (χ4v) is 4.31. The molecule has 2 amide bonds. The number of carbonyl (C=O) groups is 2. The quantitative estimate of drug-likeness (QED) is 0.500. The molecule has 0 spiro atoms. The number of nitrogens with one attached hydrogen (secondary N) is 1. The van der Waals surface area contributed by atoms with E-state index in [2.05, 4.69) is 5.32 Å². The van der Waals surface area contributed by atoms with Gasteiger partial charge in [-0.3, -0.25) is 13.9 Å². The maximum atomic E-state index is 13.5. The molecule has 0 bridgehead atoms. The van der Waals surface area contributed by atoms with Crippen LogP contribution in [0.4, 0.5) is 5.69 Å². The molecule has 0 heterocycles. The highest BCUT2D eigenvalue weighted by molar-refractivity contribution is 7.92. The number of hydrogen-bond acceptors (Lipinski definition) is 4. The van der Waals surface area contributed by atoms with E-state index >= 15 is 0 Å². The van der Waals surface area contributed by atoms with E-state index in [1.807, 2.05) is 45.0 Å². The topological polar surface area (TPSA) is 86.8 Å². The van der Waals surface area contributed by atoms with Gasteiger partial charge in [0.15, 0.2) is 0 Å². The van der Waals surface area contributed by atoms with Crippen molar-refractivity contribution in [2.75, 3.05) is 23.7 Å². The van der Waals surface area contributed by atoms with Gasteiger partial charge in [-0.15, -0.1) is 0 Å². The number of sulfonamides is 1. The molecule has 0 aliphatic carbocycles. The van der Waals surface area contributed by atoms with Crippen molar-refractivity contribution in [2.24, 2.45) is 5.92 Å². The highest BCUT2D eigenvalue weighted by atomic mass is 35.5. The molecule has 1 N–H and O–H groups in total. The molecule has 0 fully saturated rings. The van der Waals surface area contributed by atoms with Crippen molar-refractivity contribution >= 4 is 50.7 Å². The molecular weight excluding hydrogens is 497 g/mol. The average molecular weight is 529 g/mol. The third kappa shape index (κ3) is 7.89. The SMILES string of the molecule is Cc1ccc(CN(C(=O)CN(c2ccc(Cl)c(Cl)c2)S(C)(=O)=O)C(C)C(=O)NCC(C)C)cc1. The second-order valence-electron chi connectivity index (χ2n) is 8.69. The monoisotopic (exact) mass is 527 g/mol. The van der Waals surface area contributed by atoms with E-state index in [9.17, 15) is 18.0 Å². The summed E-state index contributed by atoms with van der Waals surface area (Å²) in [5.41, 5.74) is 2.09. The van der Waals surface area contributed by atoms with Gasteiger partial charge in [-0.2, -0.15) is 0 Å². The van der Waals surface area contributed by atoms with Crippen LogP contribution in [0.15, 0.2) is 42.5 Å². The minimum Gasteiger partial charge on any atom is -0.354 e. The van der Waals surface area contributed by atoms with E-state index in [-0.39, 0.29) is 34.1 Å². The van der Waals surface area contributed by atoms with Gasteiger partial charge in [0.1, 0.15) is 12.6 Å². The predicted octanol–water partition coefficient (Wildman–Crippen LogP) is 4.26. The Morgan fingerprint density at radius 1 is 1.00 bits per heavy atom. The first kappa shape index (κ1) is 28.0. The Morgan fingerprint density at radius 3 is 2.15 bits per heavy atom. The Hall–Kier alpha value is -2.29. The summed E-state index contributed by atoms with van der Waals surface area (Å²) in [4.78, 5) is 27.7. The third-order valence-corrected chi connectivity index (χ3v) is 7.08. The van der Waals surface area contributed by atoms with Gasteiger partial charge in [-0.1, -0.05) is 66.9 Å². The first-order valence-electron chi connectivity index (χ1n) is 10.8. The van der Waals surface area contributed by atoms with Crippen LogP contribution < -0.4 is 9.62 Å².